The molecule has 0 aliphatic carbocycles. The molecule has 5 heterocycles. The van der Waals surface area contributed by atoms with E-state index in [0.29, 0.717) is 0 Å². The molecular formula is C73H76O19. The van der Waals surface area contributed by atoms with Gasteiger partial charge >= 0.3 is 17.9 Å². The van der Waals surface area contributed by atoms with Crippen LogP contribution in [-0.2, 0) is 102 Å². The van der Waals surface area contributed by atoms with Crippen LogP contribution in [-0.4, -0.2) is 141 Å². The molecule has 19 heteroatoms. The van der Waals surface area contributed by atoms with Gasteiger partial charge < -0.3 is 75.8 Å². The average Bonchev–Trinajstić information content (AvgIpc) is 1.57. The second-order valence-corrected chi connectivity index (χ2v) is 24.0. The third-order valence-electron chi connectivity index (χ3n) is 16.3. The highest BCUT2D eigenvalue weighted by Crippen LogP contribution is 2.45. The Morgan fingerprint density at radius 3 is 1.17 bits per heavy atom. The van der Waals surface area contributed by atoms with Crippen LogP contribution >= 0.6 is 0 Å². The summed E-state index contributed by atoms with van der Waals surface area (Å²) in [5, 5.41) is 0. The fraction of sp³-hybridized carbons (Fsp3) is 0.384. The number of rotatable bonds is 25. The van der Waals surface area contributed by atoms with Crippen LogP contribution < -0.4 is 0 Å². The first-order valence-electron chi connectivity index (χ1n) is 31.1. The SMILES string of the molecule is CC1(C)O[C@H]2[C@@H](O1)[C@@H](CO[C@@H]1O[C@H](CO[C@@H]3O[C@H](COCc4ccccc4)[C@@H](OCc4ccccc4)[C@H](OCc4ccccc4)[C@H]3OCc3ccccc3)[C@@H](OC(=O)c3ccccc3)[C@H](OC(=O)c3ccccc3)[C@H]1OC(=O)c1ccccc1)O[C@@H]1OC(C)(C)O[C@@H]12. The molecule has 5 saturated heterocycles. The van der Waals surface area contributed by atoms with Crippen molar-refractivity contribution in [2.75, 3.05) is 19.8 Å². The maximum atomic E-state index is 14.7. The minimum atomic E-state index is -1.67. The normalized spacial score (nSPS) is 28.7. The molecule has 5 aliphatic heterocycles. The van der Waals surface area contributed by atoms with Crippen LogP contribution in [0.3, 0.4) is 0 Å². The zero-order chi connectivity index (χ0) is 63.4. The lowest BCUT2D eigenvalue weighted by Crippen LogP contribution is -2.65. The average molecular weight is 1260 g/mol. The van der Waals surface area contributed by atoms with Gasteiger partial charge in [-0.25, -0.2) is 14.4 Å². The number of esters is 3. The Balaban J connectivity index is 0.933. The Kier molecular flexibility index (Phi) is 21.1. The number of carbonyl (C=O) groups is 3. The topological polar surface area (TPSA) is 199 Å². The summed E-state index contributed by atoms with van der Waals surface area (Å²) in [6, 6.07) is 63.7. The second-order valence-electron chi connectivity index (χ2n) is 24.0. The molecule has 0 aromatic heterocycles. The maximum absolute atomic E-state index is 14.7. The van der Waals surface area contributed by atoms with Crippen LogP contribution in [0.5, 0.6) is 0 Å². The van der Waals surface area contributed by atoms with E-state index < -0.39 is 128 Å². The van der Waals surface area contributed by atoms with E-state index in [1.54, 1.807) is 119 Å². The molecule has 0 unspecified atom stereocenters. The first kappa shape index (κ1) is 64.5. The van der Waals surface area contributed by atoms with E-state index in [9.17, 15) is 14.4 Å². The highest BCUT2D eigenvalue weighted by atomic mass is 16.9. The number of benzene rings is 7. The van der Waals surface area contributed by atoms with Crippen molar-refractivity contribution in [3.63, 3.8) is 0 Å². The van der Waals surface area contributed by atoms with E-state index in [4.69, 9.17) is 75.8 Å². The quantitative estimate of drug-likeness (QED) is 0.0386. The molecule has 19 nitrogen and oxygen atoms in total. The molecule has 0 spiro atoms. The van der Waals surface area contributed by atoms with Crippen molar-refractivity contribution in [3.8, 4) is 0 Å². The second kappa shape index (κ2) is 30.0. The fourth-order valence-corrected chi connectivity index (χ4v) is 11.9. The molecular weight excluding hydrogens is 1180 g/mol. The Bertz CT molecular complexity index is 3440. The number of ether oxygens (including phenoxy) is 16. The van der Waals surface area contributed by atoms with Crippen LogP contribution in [0.15, 0.2) is 212 Å². The van der Waals surface area contributed by atoms with Crippen LogP contribution in [0.1, 0.15) is 81.0 Å². The Morgan fingerprint density at radius 2 is 0.685 bits per heavy atom. The predicted octanol–water partition coefficient (Wildman–Crippen LogP) is 10.5. The Hall–Kier alpha value is -7.57. The zero-order valence-corrected chi connectivity index (χ0v) is 51.6. The van der Waals surface area contributed by atoms with Gasteiger partial charge in [0, 0.05) is 0 Å². The van der Waals surface area contributed by atoms with E-state index in [2.05, 4.69) is 0 Å². The lowest BCUT2D eigenvalue weighted by atomic mass is 9.96. The molecule has 0 radical (unpaired) electrons. The number of carbonyl (C=O) groups excluding carboxylic acids is 3. The minimum absolute atomic E-state index is 0.0111. The molecule has 15 atom stereocenters. The Morgan fingerprint density at radius 1 is 0.326 bits per heavy atom. The molecule has 0 bridgehead atoms. The summed E-state index contributed by atoms with van der Waals surface area (Å²) in [5.74, 6) is -4.59. The lowest BCUT2D eigenvalue weighted by molar-refractivity contribution is -0.346. The highest BCUT2D eigenvalue weighted by Gasteiger charge is 2.62. The predicted molar refractivity (Wildman–Crippen MR) is 330 cm³/mol. The highest BCUT2D eigenvalue weighted by molar-refractivity contribution is 5.91. The monoisotopic (exact) mass is 1260 g/mol. The largest absolute Gasteiger partial charge is 0.452 e. The van der Waals surface area contributed by atoms with Gasteiger partial charge in [-0.3, -0.25) is 0 Å². The van der Waals surface area contributed by atoms with Gasteiger partial charge in [0.25, 0.3) is 0 Å². The summed E-state index contributed by atoms with van der Waals surface area (Å²) in [5.41, 5.74) is 4.04. The zero-order valence-electron chi connectivity index (χ0n) is 51.6. The van der Waals surface area contributed by atoms with Crippen molar-refractivity contribution in [2.45, 2.75) is 158 Å². The standard InChI is InChI=1S/C73H76O19/c1-72(2)89-59-56(85-71-65(62(59)90-72)91-73(3,4)92-71)46-82-70-64(88-68(76)53-38-24-11-25-39-53)61(87-67(75)52-36-22-10-23-37-52)58(86-66(74)51-34-20-9-21-35-51)55(84-70)45-81-69-63(80-43-50-32-18-8-19-33-50)60(79-42-49-30-16-7-17-31-49)57(78-41-48-28-14-6-15-29-48)54(83-69)44-77-40-47-26-12-5-13-27-47/h5-39,54-65,69-71H,40-46H2,1-4H3/t54-,55-,56-,57-,58-,59+,60+,61+,62+,63-,64-,65-,69-,70-,71-/m1/s1. The van der Waals surface area contributed by atoms with E-state index >= 15 is 0 Å². The van der Waals surface area contributed by atoms with E-state index in [-0.39, 0.29) is 56.3 Å². The molecule has 92 heavy (non-hydrogen) atoms. The van der Waals surface area contributed by atoms with Gasteiger partial charge in [-0.05, 0) is 86.3 Å². The molecule has 0 N–H and O–H groups in total. The summed E-state index contributed by atoms with van der Waals surface area (Å²) < 4.78 is 107. The maximum Gasteiger partial charge on any atom is 0.338 e. The van der Waals surface area contributed by atoms with Gasteiger partial charge in [-0.2, -0.15) is 0 Å². The molecule has 5 aliphatic rings. The van der Waals surface area contributed by atoms with Crippen LogP contribution in [0.2, 0.25) is 0 Å². The number of hydrogen-bond donors (Lipinski definition) is 0. The van der Waals surface area contributed by atoms with Gasteiger partial charge in [-0.15, -0.1) is 0 Å². The van der Waals surface area contributed by atoms with Crippen molar-refractivity contribution >= 4 is 17.9 Å². The summed E-state index contributed by atoms with van der Waals surface area (Å²) in [4.78, 5) is 44.1. The third-order valence-corrected chi connectivity index (χ3v) is 16.3. The van der Waals surface area contributed by atoms with E-state index in [1.807, 2.05) is 121 Å². The molecule has 5 fully saturated rings. The first-order valence-corrected chi connectivity index (χ1v) is 31.1. The molecule has 0 amide bonds. The van der Waals surface area contributed by atoms with Gasteiger partial charge in [-0.1, -0.05) is 176 Å². The third kappa shape index (κ3) is 16.2. The number of hydrogen-bond acceptors (Lipinski definition) is 19. The van der Waals surface area contributed by atoms with Crippen LogP contribution in [0.4, 0.5) is 0 Å². The Labute approximate surface area is 534 Å². The molecule has 0 saturated carbocycles. The van der Waals surface area contributed by atoms with Gasteiger partial charge in [0.2, 0.25) is 0 Å². The van der Waals surface area contributed by atoms with Gasteiger partial charge in [0.05, 0.1) is 62.9 Å². The van der Waals surface area contributed by atoms with Crippen molar-refractivity contribution in [1.29, 1.82) is 0 Å². The minimum Gasteiger partial charge on any atom is -0.452 e. The van der Waals surface area contributed by atoms with Crippen LogP contribution in [0, 0.1) is 0 Å². The van der Waals surface area contributed by atoms with E-state index in [1.165, 1.54) is 0 Å². The smallest absolute Gasteiger partial charge is 0.338 e. The van der Waals surface area contributed by atoms with Crippen molar-refractivity contribution in [1.82, 2.24) is 0 Å². The van der Waals surface area contributed by atoms with Crippen molar-refractivity contribution in [3.05, 3.63) is 251 Å². The molecule has 7 aromatic carbocycles. The molecule has 482 valence electrons. The lowest BCUT2D eigenvalue weighted by Gasteiger charge is -2.47. The summed E-state index contributed by atoms with van der Waals surface area (Å²) >= 11 is 0. The molecule has 12 rings (SSSR count). The van der Waals surface area contributed by atoms with Crippen LogP contribution in [0.25, 0.3) is 0 Å². The van der Waals surface area contributed by atoms with E-state index in [0.717, 1.165) is 22.3 Å². The summed E-state index contributed by atoms with van der Waals surface area (Å²) in [6.07, 6.45) is -16.9. The molecule has 7 aromatic rings. The van der Waals surface area contributed by atoms with Gasteiger partial charge in [0.1, 0.15) is 54.9 Å². The first-order chi connectivity index (χ1) is 44.8. The van der Waals surface area contributed by atoms with Crippen molar-refractivity contribution in [2.24, 2.45) is 0 Å². The summed E-state index contributed by atoms with van der Waals surface area (Å²) in [6.45, 7) is 7.05. The fourth-order valence-electron chi connectivity index (χ4n) is 11.9. The van der Waals surface area contributed by atoms with Gasteiger partial charge in [0.15, 0.2) is 48.8 Å². The summed E-state index contributed by atoms with van der Waals surface area (Å²) in [7, 11) is 0. The van der Waals surface area contributed by atoms with Crippen molar-refractivity contribution < 1.29 is 90.2 Å². The number of fused-ring (bicyclic) bond motifs is 3.